The van der Waals surface area contributed by atoms with Crippen LogP contribution in [0, 0.1) is 5.41 Å². The second-order valence-electron chi connectivity index (χ2n) is 5.96. The predicted octanol–water partition coefficient (Wildman–Crippen LogP) is 2.56. The van der Waals surface area contributed by atoms with Crippen LogP contribution in [0.25, 0.3) is 0 Å². The molecule has 0 amide bonds. The van der Waals surface area contributed by atoms with Crippen LogP contribution in [-0.4, -0.2) is 26.5 Å². The van der Waals surface area contributed by atoms with Gasteiger partial charge in [-0.3, -0.25) is 4.31 Å². The largest absolute Gasteiger partial charge is 0.399 e. The number of benzene rings is 1. The highest BCUT2D eigenvalue weighted by atomic mass is 32.2. The maximum Gasteiger partial charge on any atom is 0.235 e. The van der Waals surface area contributed by atoms with Crippen LogP contribution in [0.2, 0.25) is 0 Å². The van der Waals surface area contributed by atoms with Gasteiger partial charge in [-0.25, -0.2) is 8.42 Å². The highest BCUT2D eigenvalue weighted by Gasteiger charge is 2.31. The van der Waals surface area contributed by atoms with E-state index in [2.05, 4.69) is 0 Å². The second-order valence-corrected chi connectivity index (χ2v) is 8.99. The standard InChI is InChI=1S/C13H20N2O2S2/c1-13(2,3)9-19(16,17)15-6-7-18-12-5-4-10(14)8-11(12)15/h4-5,8H,6-7,9,14H2,1-3H3. The molecule has 0 aromatic heterocycles. The number of anilines is 2. The summed E-state index contributed by atoms with van der Waals surface area (Å²) in [6, 6.07) is 5.46. The second kappa shape index (κ2) is 4.90. The van der Waals surface area contributed by atoms with E-state index in [0.717, 1.165) is 16.3 Å². The summed E-state index contributed by atoms with van der Waals surface area (Å²) in [7, 11) is -3.31. The Morgan fingerprint density at radius 3 is 2.68 bits per heavy atom. The van der Waals surface area contributed by atoms with Crippen LogP contribution < -0.4 is 10.0 Å². The highest BCUT2D eigenvalue weighted by molar-refractivity contribution is 8.00. The molecule has 1 aliphatic rings. The number of thioether (sulfide) groups is 1. The minimum Gasteiger partial charge on any atom is -0.399 e. The van der Waals surface area contributed by atoms with Gasteiger partial charge in [0.2, 0.25) is 10.0 Å². The molecule has 1 aromatic carbocycles. The van der Waals surface area contributed by atoms with Crippen molar-refractivity contribution in [1.29, 1.82) is 0 Å². The normalized spacial score (nSPS) is 16.3. The number of rotatable bonds is 2. The van der Waals surface area contributed by atoms with Crippen molar-refractivity contribution in [2.75, 3.05) is 28.1 Å². The number of nitrogens with two attached hydrogens (primary N) is 1. The lowest BCUT2D eigenvalue weighted by molar-refractivity contribution is 0.460. The summed E-state index contributed by atoms with van der Waals surface area (Å²) in [4.78, 5) is 0.984. The van der Waals surface area contributed by atoms with Crippen LogP contribution in [0.15, 0.2) is 23.1 Å². The summed E-state index contributed by atoms with van der Waals surface area (Å²) in [6.07, 6.45) is 0. The summed E-state index contributed by atoms with van der Waals surface area (Å²) in [5.74, 6) is 0.916. The van der Waals surface area contributed by atoms with Gasteiger partial charge in [-0.15, -0.1) is 11.8 Å². The number of nitrogens with zero attached hydrogens (tertiary/aromatic N) is 1. The van der Waals surface area contributed by atoms with Crippen molar-refractivity contribution in [3.8, 4) is 0 Å². The molecule has 1 heterocycles. The summed E-state index contributed by atoms with van der Waals surface area (Å²) in [5.41, 5.74) is 6.84. The van der Waals surface area contributed by atoms with Crippen LogP contribution in [0.5, 0.6) is 0 Å². The predicted molar refractivity (Wildman–Crippen MR) is 82.2 cm³/mol. The Hall–Kier alpha value is -0.880. The first-order valence-corrected chi connectivity index (χ1v) is 8.81. The van der Waals surface area contributed by atoms with Crippen molar-refractivity contribution in [2.24, 2.45) is 5.41 Å². The zero-order chi connectivity index (χ0) is 14.3. The van der Waals surface area contributed by atoms with Crippen LogP contribution in [0.1, 0.15) is 20.8 Å². The molecule has 19 heavy (non-hydrogen) atoms. The van der Waals surface area contributed by atoms with E-state index in [1.54, 1.807) is 17.8 Å². The monoisotopic (exact) mass is 300 g/mol. The minimum absolute atomic E-state index is 0.138. The van der Waals surface area contributed by atoms with Crippen LogP contribution >= 0.6 is 11.8 Å². The average molecular weight is 300 g/mol. The molecule has 0 radical (unpaired) electrons. The number of sulfonamides is 1. The molecule has 0 saturated carbocycles. The Morgan fingerprint density at radius 2 is 2.05 bits per heavy atom. The lowest BCUT2D eigenvalue weighted by Gasteiger charge is -2.32. The number of hydrogen-bond donors (Lipinski definition) is 1. The molecule has 2 N–H and O–H groups in total. The fourth-order valence-electron chi connectivity index (χ4n) is 2.12. The summed E-state index contributed by atoms with van der Waals surface area (Å²) >= 11 is 1.67. The fraction of sp³-hybridized carbons (Fsp3) is 0.538. The molecule has 1 aromatic rings. The minimum atomic E-state index is -3.31. The van der Waals surface area contributed by atoms with Crippen molar-refractivity contribution < 1.29 is 8.42 Å². The van der Waals surface area contributed by atoms with Gasteiger partial charge in [-0.1, -0.05) is 20.8 Å². The van der Waals surface area contributed by atoms with Crippen LogP contribution in [0.4, 0.5) is 11.4 Å². The van der Waals surface area contributed by atoms with Crippen molar-refractivity contribution in [2.45, 2.75) is 25.7 Å². The maximum absolute atomic E-state index is 12.6. The average Bonchev–Trinajstić information content (AvgIpc) is 2.24. The van der Waals surface area contributed by atoms with Gasteiger partial charge in [0.05, 0.1) is 11.4 Å². The van der Waals surface area contributed by atoms with Gasteiger partial charge < -0.3 is 5.73 Å². The van der Waals surface area contributed by atoms with E-state index in [0.29, 0.717) is 12.2 Å². The third kappa shape index (κ3) is 3.36. The molecule has 4 nitrogen and oxygen atoms in total. The third-order valence-electron chi connectivity index (χ3n) is 2.75. The highest BCUT2D eigenvalue weighted by Crippen LogP contribution is 2.38. The number of nitrogen functional groups attached to an aromatic ring is 1. The first-order valence-electron chi connectivity index (χ1n) is 6.22. The summed E-state index contributed by atoms with van der Waals surface area (Å²) in [6.45, 7) is 6.32. The molecule has 6 heteroatoms. The summed E-state index contributed by atoms with van der Waals surface area (Å²) in [5, 5.41) is 0. The smallest absolute Gasteiger partial charge is 0.235 e. The topological polar surface area (TPSA) is 63.4 Å². The Bertz CT molecular complexity index is 577. The molecular weight excluding hydrogens is 280 g/mol. The molecule has 2 rings (SSSR count). The van der Waals surface area contributed by atoms with Gasteiger partial charge in [0.15, 0.2) is 0 Å². The Balaban J connectivity index is 2.41. The zero-order valence-electron chi connectivity index (χ0n) is 11.5. The van der Waals surface area contributed by atoms with E-state index in [1.807, 2.05) is 32.9 Å². The Labute approximate surface area is 119 Å². The lowest BCUT2D eigenvalue weighted by Crippen LogP contribution is -2.40. The van der Waals surface area contributed by atoms with Crippen molar-refractivity contribution >= 4 is 33.2 Å². The first-order chi connectivity index (χ1) is 8.69. The number of hydrogen-bond acceptors (Lipinski definition) is 4. The van der Waals surface area contributed by atoms with Gasteiger partial charge in [0.1, 0.15) is 0 Å². The first kappa shape index (κ1) is 14.5. The fourth-order valence-corrected chi connectivity index (χ4v) is 5.34. The van der Waals surface area contributed by atoms with E-state index < -0.39 is 10.0 Å². The molecule has 0 fully saturated rings. The molecule has 0 unspecified atom stereocenters. The maximum atomic E-state index is 12.6. The molecule has 0 atom stereocenters. The SMILES string of the molecule is CC(C)(C)CS(=O)(=O)N1CCSc2ccc(N)cc21. The van der Waals surface area contributed by atoms with E-state index in [4.69, 9.17) is 5.73 Å². The molecule has 0 saturated heterocycles. The van der Waals surface area contributed by atoms with Gasteiger partial charge >= 0.3 is 0 Å². The van der Waals surface area contributed by atoms with Gasteiger partial charge in [0.25, 0.3) is 0 Å². The molecular formula is C13H20N2O2S2. The van der Waals surface area contributed by atoms with Gasteiger partial charge in [0, 0.05) is 22.9 Å². The Morgan fingerprint density at radius 1 is 1.37 bits per heavy atom. The molecule has 106 valence electrons. The summed E-state index contributed by atoms with van der Waals surface area (Å²) < 4.78 is 26.6. The zero-order valence-corrected chi connectivity index (χ0v) is 13.1. The third-order valence-corrected chi connectivity index (χ3v) is 6.08. The van der Waals surface area contributed by atoms with Gasteiger partial charge in [-0.05, 0) is 23.6 Å². The molecule has 1 aliphatic heterocycles. The van der Waals surface area contributed by atoms with Crippen molar-refractivity contribution in [1.82, 2.24) is 0 Å². The quantitative estimate of drug-likeness (QED) is 0.853. The van der Waals surface area contributed by atoms with E-state index >= 15 is 0 Å². The van der Waals surface area contributed by atoms with Crippen LogP contribution in [0.3, 0.4) is 0 Å². The lowest BCUT2D eigenvalue weighted by atomic mass is 10.0. The number of fused-ring (bicyclic) bond motifs is 1. The molecule has 0 aliphatic carbocycles. The molecule has 0 spiro atoms. The van der Waals surface area contributed by atoms with E-state index in [9.17, 15) is 8.42 Å². The van der Waals surface area contributed by atoms with Crippen LogP contribution in [-0.2, 0) is 10.0 Å². The van der Waals surface area contributed by atoms with E-state index in [1.165, 1.54) is 4.31 Å². The van der Waals surface area contributed by atoms with Crippen molar-refractivity contribution in [3.05, 3.63) is 18.2 Å². The van der Waals surface area contributed by atoms with Crippen molar-refractivity contribution in [3.63, 3.8) is 0 Å². The van der Waals surface area contributed by atoms with Gasteiger partial charge in [-0.2, -0.15) is 0 Å². The Kier molecular flexibility index (Phi) is 3.75. The van der Waals surface area contributed by atoms with E-state index in [-0.39, 0.29) is 11.2 Å². The molecule has 0 bridgehead atoms.